The predicted molar refractivity (Wildman–Crippen MR) is 79.6 cm³/mol. The second-order valence-electron chi connectivity index (χ2n) is 5.13. The Bertz CT molecular complexity index is 564. The van der Waals surface area contributed by atoms with Crippen molar-refractivity contribution in [3.05, 3.63) is 35.4 Å². The SMILES string of the molecule is Cc1ccccc1CSc1nnnn1CCNC1CC1. The molecule has 1 heterocycles. The van der Waals surface area contributed by atoms with Crippen LogP contribution in [0.2, 0.25) is 0 Å². The van der Waals surface area contributed by atoms with E-state index in [1.54, 1.807) is 11.8 Å². The van der Waals surface area contributed by atoms with Crippen molar-refractivity contribution in [1.29, 1.82) is 0 Å². The molecule has 0 unspecified atom stereocenters. The Hall–Kier alpha value is -1.40. The first-order valence-corrected chi connectivity index (χ1v) is 7.98. The van der Waals surface area contributed by atoms with Crippen LogP contribution in [0, 0.1) is 6.92 Å². The summed E-state index contributed by atoms with van der Waals surface area (Å²) in [6, 6.07) is 9.17. The van der Waals surface area contributed by atoms with Gasteiger partial charge in [0.15, 0.2) is 0 Å². The molecule has 0 amide bonds. The Morgan fingerprint density at radius 1 is 1.35 bits per heavy atom. The summed E-state index contributed by atoms with van der Waals surface area (Å²) in [6.07, 6.45) is 2.62. The van der Waals surface area contributed by atoms with Crippen LogP contribution < -0.4 is 5.32 Å². The van der Waals surface area contributed by atoms with Gasteiger partial charge in [0, 0.05) is 18.3 Å². The lowest BCUT2D eigenvalue weighted by molar-refractivity contribution is 0.509. The fourth-order valence-electron chi connectivity index (χ4n) is 2.02. The molecule has 2 aromatic rings. The molecule has 1 aliphatic carbocycles. The van der Waals surface area contributed by atoms with Crippen LogP contribution in [0.15, 0.2) is 29.4 Å². The molecule has 0 atom stereocenters. The van der Waals surface area contributed by atoms with Crippen molar-refractivity contribution in [3.8, 4) is 0 Å². The average Bonchev–Trinajstić information content (AvgIpc) is 3.17. The van der Waals surface area contributed by atoms with Crippen molar-refractivity contribution in [3.63, 3.8) is 0 Å². The van der Waals surface area contributed by atoms with E-state index in [1.165, 1.54) is 24.0 Å². The van der Waals surface area contributed by atoms with Gasteiger partial charge in [-0.3, -0.25) is 0 Å². The standard InChI is InChI=1S/C14H19N5S/c1-11-4-2-3-5-12(11)10-20-14-16-17-18-19(14)9-8-15-13-6-7-13/h2-5,13,15H,6-10H2,1H3. The van der Waals surface area contributed by atoms with E-state index in [9.17, 15) is 0 Å². The molecule has 1 aromatic carbocycles. The molecule has 0 bridgehead atoms. The number of benzene rings is 1. The van der Waals surface area contributed by atoms with Gasteiger partial charge in [-0.15, -0.1) is 5.10 Å². The predicted octanol–water partition coefficient (Wildman–Crippen LogP) is 2.03. The van der Waals surface area contributed by atoms with Crippen LogP contribution >= 0.6 is 11.8 Å². The number of aromatic nitrogens is 4. The molecule has 1 aliphatic rings. The van der Waals surface area contributed by atoms with Crippen LogP contribution in [0.4, 0.5) is 0 Å². The number of hydrogen-bond acceptors (Lipinski definition) is 5. The minimum atomic E-state index is 0.731. The lowest BCUT2D eigenvalue weighted by atomic mass is 10.1. The third-order valence-electron chi connectivity index (χ3n) is 3.45. The summed E-state index contributed by atoms with van der Waals surface area (Å²) in [5.41, 5.74) is 2.65. The monoisotopic (exact) mass is 289 g/mol. The molecule has 1 saturated carbocycles. The summed E-state index contributed by atoms with van der Waals surface area (Å²) in [5.74, 6) is 0.906. The molecule has 0 saturated heterocycles. The molecule has 106 valence electrons. The minimum absolute atomic E-state index is 0.731. The van der Waals surface area contributed by atoms with Gasteiger partial charge in [-0.05, 0) is 41.3 Å². The number of hydrogen-bond donors (Lipinski definition) is 1. The van der Waals surface area contributed by atoms with Crippen molar-refractivity contribution in [1.82, 2.24) is 25.5 Å². The summed E-state index contributed by atoms with van der Waals surface area (Å²) >= 11 is 1.69. The molecule has 0 radical (unpaired) electrons. The van der Waals surface area contributed by atoms with E-state index in [0.717, 1.165) is 30.0 Å². The number of nitrogens with zero attached hydrogens (tertiary/aromatic N) is 4. The Kier molecular flexibility index (Phi) is 4.32. The van der Waals surface area contributed by atoms with Crippen LogP contribution in [0.1, 0.15) is 24.0 Å². The Balaban J connectivity index is 1.54. The lowest BCUT2D eigenvalue weighted by Gasteiger charge is -2.06. The summed E-state index contributed by atoms with van der Waals surface area (Å²) in [5, 5.41) is 16.3. The minimum Gasteiger partial charge on any atom is -0.312 e. The number of aryl methyl sites for hydroxylation is 1. The summed E-state index contributed by atoms with van der Waals surface area (Å²) in [4.78, 5) is 0. The number of nitrogens with one attached hydrogen (secondary N) is 1. The summed E-state index contributed by atoms with van der Waals surface area (Å²) < 4.78 is 1.89. The van der Waals surface area contributed by atoms with E-state index >= 15 is 0 Å². The maximum atomic E-state index is 4.11. The van der Waals surface area contributed by atoms with E-state index in [0.29, 0.717) is 0 Å². The smallest absolute Gasteiger partial charge is 0.209 e. The van der Waals surface area contributed by atoms with Gasteiger partial charge >= 0.3 is 0 Å². The van der Waals surface area contributed by atoms with Crippen molar-refractivity contribution in [2.24, 2.45) is 0 Å². The third-order valence-corrected chi connectivity index (χ3v) is 4.46. The Morgan fingerprint density at radius 3 is 3.00 bits per heavy atom. The molecular weight excluding hydrogens is 270 g/mol. The molecule has 6 heteroatoms. The van der Waals surface area contributed by atoms with Crippen molar-refractivity contribution >= 4 is 11.8 Å². The van der Waals surface area contributed by atoms with Gasteiger partial charge in [-0.2, -0.15) is 0 Å². The first-order valence-electron chi connectivity index (χ1n) is 7.00. The highest BCUT2D eigenvalue weighted by molar-refractivity contribution is 7.98. The van der Waals surface area contributed by atoms with Crippen molar-refractivity contribution in [2.75, 3.05) is 6.54 Å². The van der Waals surface area contributed by atoms with Crippen molar-refractivity contribution < 1.29 is 0 Å². The van der Waals surface area contributed by atoms with Gasteiger partial charge in [0.2, 0.25) is 5.16 Å². The molecule has 3 rings (SSSR count). The number of thioether (sulfide) groups is 1. The fraction of sp³-hybridized carbons (Fsp3) is 0.500. The molecule has 5 nitrogen and oxygen atoms in total. The first kappa shape index (κ1) is 13.6. The van der Waals surface area contributed by atoms with Crippen LogP contribution in [0.3, 0.4) is 0 Å². The molecule has 1 aromatic heterocycles. The van der Waals surface area contributed by atoms with Gasteiger partial charge in [-0.1, -0.05) is 36.0 Å². The summed E-state index contributed by atoms with van der Waals surface area (Å²) in [6.45, 7) is 3.91. The first-order chi connectivity index (χ1) is 9.83. The van der Waals surface area contributed by atoms with Crippen LogP contribution in [-0.2, 0) is 12.3 Å². The van der Waals surface area contributed by atoms with E-state index in [2.05, 4.69) is 52.0 Å². The van der Waals surface area contributed by atoms with E-state index in [-0.39, 0.29) is 0 Å². The summed E-state index contributed by atoms with van der Waals surface area (Å²) in [7, 11) is 0. The zero-order valence-electron chi connectivity index (χ0n) is 11.6. The fourth-order valence-corrected chi connectivity index (χ4v) is 3.00. The molecule has 1 fully saturated rings. The van der Waals surface area contributed by atoms with Gasteiger partial charge in [-0.25, -0.2) is 4.68 Å². The number of tetrazole rings is 1. The molecule has 1 N–H and O–H groups in total. The van der Waals surface area contributed by atoms with Gasteiger partial charge in [0.1, 0.15) is 0 Å². The molecule has 20 heavy (non-hydrogen) atoms. The zero-order chi connectivity index (χ0) is 13.8. The quantitative estimate of drug-likeness (QED) is 0.790. The second kappa shape index (κ2) is 6.37. The maximum absolute atomic E-state index is 4.11. The van der Waals surface area contributed by atoms with Gasteiger partial charge in [0.25, 0.3) is 0 Å². The van der Waals surface area contributed by atoms with E-state index < -0.39 is 0 Å². The molecule has 0 aliphatic heterocycles. The second-order valence-corrected chi connectivity index (χ2v) is 6.07. The van der Waals surface area contributed by atoms with E-state index in [1.807, 2.05) is 4.68 Å². The van der Waals surface area contributed by atoms with Gasteiger partial charge in [0.05, 0.1) is 6.54 Å². The maximum Gasteiger partial charge on any atom is 0.209 e. The van der Waals surface area contributed by atoms with Crippen molar-refractivity contribution in [2.45, 2.75) is 43.3 Å². The van der Waals surface area contributed by atoms with E-state index in [4.69, 9.17) is 0 Å². The molecular formula is C14H19N5S. The van der Waals surface area contributed by atoms with Crippen LogP contribution in [0.5, 0.6) is 0 Å². The van der Waals surface area contributed by atoms with Crippen LogP contribution in [-0.4, -0.2) is 32.8 Å². The topological polar surface area (TPSA) is 55.6 Å². The Labute approximate surface area is 123 Å². The van der Waals surface area contributed by atoms with Crippen LogP contribution in [0.25, 0.3) is 0 Å². The normalized spacial score (nSPS) is 14.7. The third kappa shape index (κ3) is 3.58. The zero-order valence-corrected chi connectivity index (χ0v) is 12.4. The Morgan fingerprint density at radius 2 is 2.20 bits per heavy atom. The molecule has 0 spiro atoms. The van der Waals surface area contributed by atoms with Gasteiger partial charge < -0.3 is 5.32 Å². The number of rotatable bonds is 7. The highest BCUT2D eigenvalue weighted by Gasteiger charge is 2.20. The average molecular weight is 289 g/mol. The lowest BCUT2D eigenvalue weighted by Crippen LogP contribution is -2.22. The highest BCUT2D eigenvalue weighted by Crippen LogP contribution is 2.22. The highest BCUT2D eigenvalue weighted by atomic mass is 32.2. The largest absolute Gasteiger partial charge is 0.312 e.